The van der Waals surface area contributed by atoms with Crippen molar-refractivity contribution in [1.29, 1.82) is 0 Å². The summed E-state index contributed by atoms with van der Waals surface area (Å²) in [6.07, 6.45) is 1.92. The number of ether oxygens (including phenoxy) is 1. The van der Waals surface area contributed by atoms with Gasteiger partial charge in [0.15, 0.2) is 0 Å². The SMILES string of the molecule is CCCNC(C)C(c1nc(C(C)(CC)OC)no1)C(C)C. The third-order valence-corrected chi connectivity index (χ3v) is 4.30. The number of rotatable bonds is 9. The number of nitrogens with zero attached hydrogens (tertiary/aromatic N) is 2. The molecular weight excluding hydrogens is 266 g/mol. The van der Waals surface area contributed by atoms with Crippen molar-refractivity contribution in [3.8, 4) is 0 Å². The lowest BCUT2D eigenvalue weighted by molar-refractivity contribution is -0.0106. The topological polar surface area (TPSA) is 60.2 Å². The predicted molar refractivity (Wildman–Crippen MR) is 84.3 cm³/mol. The quantitative estimate of drug-likeness (QED) is 0.756. The summed E-state index contributed by atoms with van der Waals surface area (Å²) in [5.74, 6) is 1.97. The Morgan fingerprint density at radius 2 is 1.95 bits per heavy atom. The van der Waals surface area contributed by atoms with Crippen molar-refractivity contribution >= 4 is 0 Å². The first-order valence-electron chi connectivity index (χ1n) is 8.02. The summed E-state index contributed by atoms with van der Waals surface area (Å²) in [6, 6.07) is 0.300. The largest absolute Gasteiger partial charge is 0.370 e. The standard InChI is InChI=1S/C16H31N3O2/c1-8-10-17-12(5)13(11(3)4)14-18-15(19-21-14)16(6,9-2)20-7/h11-13,17H,8-10H2,1-7H3. The monoisotopic (exact) mass is 297 g/mol. The van der Waals surface area contributed by atoms with Crippen LogP contribution in [-0.2, 0) is 10.3 Å². The van der Waals surface area contributed by atoms with E-state index in [1.54, 1.807) is 7.11 Å². The molecule has 0 aliphatic carbocycles. The van der Waals surface area contributed by atoms with E-state index in [-0.39, 0.29) is 5.92 Å². The minimum atomic E-state index is -0.483. The number of aromatic nitrogens is 2. The van der Waals surface area contributed by atoms with Crippen LogP contribution in [0.4, 0.5) is 0 Å². The van der Waals surface area contributed by atoms with Gasteiger partial charge in [-0.1, -0.05) is 32.9 Å². The van der Waals surface area contributed by atoms with Gasteiger partial charge < -0.3 is 14.6 Å². The summed E-state index contributed by atoms with van der Waals surface area (Å²) < 4.78 is 11.1. The van der Waals surface area contributed by atoms with Crippen molar-refractivity contribution in [1.82, 2.24) is 15.5 Å². The molecule has 0 aliphatic rings. The molecule has 0 radical (unpaired) electrons. The van der Waals surface area contributed by atoms with Gasteiger partial charge in [-0.25, -0.2) is 0 Å². The summed E-state index contributed by atoms with van der Waals surface area (Å²) in [6.45, 7) is 13.8. The van der Waals surface area contributed by atoms with Crippen molar-refractivity contribution in [3.63, 3.8) is 0 Å². The molecule has 5 heteroatoms. The molecule has 5 nitrogen and oxygen atoms in total. The molecule has 1 heterocycles. The normalized spacial score (nSPS) is 17.7. The summed E-state index contributed by atoms with van der Waals surface area (Å²) in [5, 5.41) is 7.69. The van der Waals surface area contributed by atoms with Gasteiger partial charge in [-0.3, -0.25) is 0 Å². The molecule has 0 spiro atoms. The highest BCUT2D eigenvalue weighted by Gasteiger charge is 2.33. The van der Waals surface area contributed by atoms with Crippen LogP contribution in [0, 0.1) is 5.92 Å². The van der Waals surface area contributed by atoms with E-state index in [1.807, 2.05) is 6.92 Å². The smallest absolute Gasteiger partial charge is 0.231 e. The zero-order valence-electron chi connectivity index (χ0n) is 14.6. The molecule has 0 saturated carbocycles. The third-order valence-electron chi connectivity index (χ3n) is 4.30. The molecule has 0 aromatic carbocycles. The van der Waals surface area contributed by atoms with Gasteiger partial charge in [0.25, 0.3) is 0 Å². The lowest BCUT2D eigenvalue weighted by Crippen LogP contribution is -2.35. The molecule has 1 aromatic heterocycles. The average Bonchev–Trinajstić information content (AvgIpc) is 2.93. The van der Waals surface area contributed by atoms with Gasteiger partial charge in [-0.15, -0.1) is 0 Å². The second-order valence-electron chi connectivity index (χ2n) is 6.26. The van der Waals surface area contributed by atoms with Crippen molar-refractivity contribution in [2.45, 2.75) is 71.9 Å². The van der Waals surface area contributed by atoms with E-state index in [1.165, 1.54) is 0 Å². The Morgan fingerprint density at radius 3 is 2.43 bits per heavy atom. The van der Waals surface area contributed by atoms with Gasteiger partial charge in [-0.05, 0) is 39.2 Å². The van der Waals surface area contributed by atoms with Gasteiger partial charge in [0.05, 0.1) is 5.92 Å². The number of hydrogen-bond donors (Lipinski definition) is 1. The van der Waals surface area contributed by atoms with Crippen LogP contribution in [0.1, 0.15) is 72.0 Å². The lowest BCUT2D eigenvalue weighted by atomic mass is 9.89. The molecule has 1 rings (SSSR count). The highest BCUT2D eigenvalue weighted by Crippen LogP contribution is 2.31. The fraction of sp³-hybridized carbons (Fsp3) is 0.875. The summed E-state index contributed by atoms with van der Waals surface area (Å²) in [4.78, 5) is 4.63. The lowest BCUT2D eigenvalue weighted by Gasteiger charge is -2.25. The minimum absolute atomic E-state index is 0.204. The molecule has 1 N–H and O–H groups in total. The first-order chi connectivity index (χ1) is 9.89. The Bertz CT molecular complexity index is 413. The summed E-state index contributed by atoms with van der Waals surface area (Å²) in [7, 11) is 1.69. The van der Waals surface area contributed by atoms with Gasteiger partial charge >= 0.3 is 0 Å². The van der Waals surface area contributed by atoms with Crippen molar-refractivity contribution in [3.05, 3.63) is 11.7 Å². The molecular formula is C16H31N3O2. The third kappa shape index (κ3) is 4.27. The molecule has 1 aromatic rings. The van der Waals surface area contributed by atoms with Crippen LogP contribution in [0.5, 0.6) is 0 Å². The molecule has 3 atom stereocenters. The fourth-order valence-corrected chi connectivity index (χ4v) is 2.55. The number of nitrogens with one attached hydrogen (secondary N) is 1. The van der Waals surface area contributed by atoms with Crippen LogP contribution in [-0.4, -0.2) is 29.8 Å². The van der Waals surface area contributed by atoms with Gasteiger partial charge in [0, 0.05) is 13.2 Å². The van der Waals surface area contributed by atoms with E-state index in [0.717, 1.165) is 19.4 Å². The Morgan fingerprint density at radius 1 is 1.29 bits per heavy atom. The van der Waals surface area contributed by atoms with E-state index >= 15 is 0 Å². The second kappa shape index (κ2) is 7.90. The first-order valence-corrected chi connectivity index (χ1v) is 8.02. The van der Waals surface area contributed by atoms with Crippen LogP contribution in [0.25, 0.3) is 0 Å². The Labute approximate surface area is 128 Å². The van der Waals surface area contributed by atoms with Gasteiger partial charge in [-0.2, -0.15) is 4.98 Å². The maximum Gasteiger partial charge on any atom is 0.231 e. The summed E-state index contributed by atoms with van der Waals surface area (Å²) in [5.41, 5.74) is -0.483. The van der Waals surface area contributed by atoms with Crippen molar-refractivity contribution < 1.29 is 9.26 Å². The number of hydrogen-bond acceptors (Lipinski definition) is 5. The van der Waals surface area contributed by atoms with Crippen LogP contribution >= 0.6 is 0 Å². The maximum absolute atomic E-state index is 5.56. The fourth-order valence-electron chi connectivity index (χ4n) is 2.55. The average molecular weight is 297 g/mol. The van der Waals surface area contributed by atoms with E-state index in [2.05, 4.69) is 50.1 Å². The zero-order chi connectivity index (χ0) is 16.0. The molecule has 0 fully saturated rings. The van der Waals surface area contributed by atoms with E-state index in [0.29, 0.717) is 23.7 Å². The molecule has 0 aliphatic heterocycles. The highest BCUT2D eigenvalue weighted by molar-refractivity contribution is 5.05. The van der Waals surface area contributed by atoms with Crippen molar-refractivity contribution in [2.75, 3.05) is 13.7 Å². The van der Waals surface area contributed by atoms with Crippen LogP contribution in [0.3, 0.4) is 0 Å². The van der Waals surface area contributed by atoms with Crippen LogP contribution < -0.4 is 5.32 Å². The number of methoxy groups -OCH3 is 1. The van der Waals surface area contributed by atoms with Gasteiger partial charge in [0.2, 0.25) is 11.7 Å². The predicted octanol–water partition coefficient (Wildman–Crippen LogP) is 3.47. The molecule has 0 saturated heterocycles. The molecule has 0 amide bonds. The minimum Gasteiger partial charge on any atom is -0.370 e. The van der Waals surface area contributed by atoms with E-state index in [9.17, 15) is 0 Å². The molecule has 3 unspecified atom stereocenters. The molecule has 122 valence electrons. The van der Waals surface area contributed by atoms with Gasteiger partial charge in [0.1, 0.15) is 5.60 Å². The summed E-state index contributed by atoms with van der Waals surface area (Å²) >= 11 is 0. The molecule has 21 heavy (non-hydrogen) atoms. The van der Waals surface area contributed by atoms with Crippen molar-refractivity contribution in [2.24, 2.45) is 5.92 Å². The van der Waals surface area contributed by atoms with Crippen LogP contribution in [0.2, 0.25) is 0 Å². The Hall–Kier alpha value is -0.940. The second-order valence-corrected chi connectivity index (χ2v) is 6.26. The van der Waals surface area contributed by atoms with E-state index < -0.39 is 5.60 Å². The first kappa shape index (κ1) is 18.1. The van der Waals surface area contributed by atoms with E-state index in [4.69, 9.17) is 9.26 Å². The Kier molecular flexibility index (Phi) is 6.81. The van der Waals surface area contributed by atoms with Crippen LogP contribution in [0.15, 0.2) is 4.52 Å². The maximum atomic E-state index is 5.56. The Balaban J connectivity index is 2.98. The molecule has 0 bridgehead atoms. The highest BCUT2D eigenvalue weighted by atomic mass is 16.5. The zero-order valence-corrected chi connectivity index (χ0v) is 14.6.